The van der Waals surface area contributed by atoms with Crippen LogP contribution in [0.15, 0.2) is 60.7 Å². The minimum absolute atomic E-state index is 0.264. The molecular formula is C19H17NO2. The van der Waals surface area contributed by atoms with Crippen molar-refractivity contribution < 1.29 is 9.53 Å². The van der Waals surface area contributed by atoms with E-state index in [2.05, 4.69) is 11.2 Å². The minimum atomic E-state index is -0.439. The lowest BCUT2D eigenvalue weighted by Crippen LogP contribution is -2.24. The summed E-state index contributed by atoms with van der Waals surface area (Å²) in [5.74, 6) is 2.58. The van der Waals surface area contributed by atoms with Crippen molar-refractivity contribution in [2.45, 2.75) is 6.61 Å². The maximum Gasteiger partial charge on any atom is 0.407 e. The highest BCUT2D eigenvalue weighted by Gasteiger charge is 2.00. The van der Waals surface area contributed by atoms with Gasteiger partial charge in [0.25, 0.3) is 0 Å². The van der Waals surface area contributed by atoms with Crippen LogP contribution in [0.25, 0.3) is 6.08 Å². The van der Waals surface area contributed by atoms with Gasteiger partial charge < -0.3 is 10.1 Å². The van der Waals surface area contributed by atoms with Crippen molar-refractivity contribution in [2.24, 2.45) is 0 Å². The summed E-state index contributed by atoms with van der Waals surface area (Å²) in [7, 11) is 0. The van der Waals surface area contributed by atoms with Gasteiger partial charge >= 0.3 is 6.09 Å². The first-order valence-corrected chi connectivity index (χ1v) is 6.96. The van der Waals surface area contributed by atoms with Crippen molar-refractivity contribution in [3.63, 3.8) is 0 Å². The van der Waals surface area contributed by atoms with Gasteiger partial charge in [0.2, 0.25) is 0 Å². The summed E-state index contributed by atoms with van der Waals surface area (Å²) in [5, 5.41) is 2.66. The number of ether oxygens (including phenoxy) is 1. The van der Waals surface area contributed by atoms with Gasteiger partial charge in [0, 0.05) is 12.1 Å². The second-order valence-corrected chi connectivity index (χ2v) is 4.61. The lowest BCUT2D eigenvalue weighted by Gasteiger charge is -2.05. The molecule has 2 aromatic carbocycles. The molecule has 0 aromatic heterocycles. The van der Waals surface area contributed by atoms with Gasteiger partial charge in [-0.25, -0.2) is 4.79 Å². The summed E-state index contributed by atoms with van der Waals surface area (Å²) in [6.07, 6.45) is 8.66. The number of carbonyl (C=O) groups excluding carboxylic acids is 1. The normalized spacial score (nSPS) is 10.1. The highest BCUT2D eigenvalue weighted by atomic mass is 16.5. The maximum absolute atomic E-state index is 11.5. The third-order valence-electron chi connectivity index (χ3n) is 2.94. The lowest BCUT2D eigenvalue weighted by molar-refractivity contribution is 0.141. The topological polar surface area (TPSA) is 38.3 Å². The van der Waals surface area contributed by atoms with Crippen LogP contribution in [-0.4, -0.2) is 12.6 Å². The zero-order valence-corrected chi connectivity index (χ0v) is 12.2. The molecule has 0 fully saturated rings. The predicted octanol–water partition coefficient (Wildman–Crippen LogP) is 3.61. The van der Waals surface area contributed by atoms with E-state index in [0.717, 1.165) is 16.7 Å². The Morgan fingerprint density at radius 3 is 2.77 bits per heavy atom. The maximum atomic E-state index is 11.5. The fourth-order valence-electron chi connectivity index (χ4n) is 1.84. The van der Waals surface area contributed by atoms with E-state index in [1.807, 2.05) is 66.7 Å². The van der Waals surface area contributed by atoms with Gasteiger partial charge in [0.15, 0.2) is 0 Å². The van der Waals surface area contributed by atoms with E-state index in [1.54, 1.807) is 0 Å². The van der Waals surface area contributed by atoms with Crippen LogP contribution in [0.2, 0.25) is 0 Å². The SMILES string of the molecule is C#Cc1cccc(C=CCNC(=O)OCc2ccccc2)c1. The Morgan fingerprint density at radius 1 is 1.18 bits per heavy atom. The molecule has 0 radical (unpaired) electrons. The van der Waals surface area contributed by atoms with Crippen molar-refractivity contribution in [3.05, 3.63) is 77.4 Å². The number of hydrogen-bond donors (Lipinski definition) is 1. The van der Waals surface area contributed by atoms with Gasteiger partial charge in [-0.15, -0.1) is 6.42 Å². The Hall–Kier alpha value is -2.99. The summed E-state index contributed by atoms with van der Waals surface area (Å²) in [5.41, 5.74) is 2.78. The van der Waals surface area contributed by atoms with Crippen LogP contribution in [0.1, 0.15) is 16.7 Å². The molecule has 0 aliphatic carbocycles. The number of rotatable bonds is 5. The Morgan fingerprint density at radius 2 is 2.00 bits per heavy atom. The molecule has 0 saturated carbocycles. The standard InChI is InChI=1S/C19H17NO2/c1-2-16-10-6-11-17(14-16)12-7-13-20-19(21)22-15-18-8-4-3-5-9-18/h1,3-12,14H,13,15H2,(H,20,21). The van der Waals surface area contributed by atoms with Crippen LogP contribution in [0.4, 0.5) is 4.79 Å². The van der Waals surface area contributed by atoms with Crippen molar-refractivity contribution in [1.82, 2.24) is 5.32 Å². The van der Waals surface area contributed by atoms with Gasteiger partial charge in [-0.1, -0.05) is 60.5 Å². The van der Waals surface area contributed by atoms with Gasteiger partial charge in [-0.05, 0) is 23.3 Å². The molecule has 0 aliphatic heterocycles. The van der Waals surface area contributed by atoms with Crippen LogP contribution in [0, 0.1) is 12.3 Å². The molecule has 2 rings (SSSR count). The highest BCUT2D eigenvalue weighted by Crippen LogP contribution is 2.05. The molecule has 1 N–H and O–H groups in total. The van der Waals surface area contributed by atoms with Crippen LogP contribution in [0.3, 0.4) is 0 Å². The monoisotopic (exact) mass is 291 g/mol. The van der Waals surface area contributed by atoms with Crippen LogP contribution < -0.4 is 5.32 Å². The van der Waals surface area contributed by atoms with Gasteiger partial charge in [0.1, 0.15) is 6.61 Å². The Balaban J connectivity index is 1.72. The summed E-state index contributed by atoms with van der Waals surface area (Å²) >= 11 is 0. The predicted molar refractivity (Wildman–Crippen MR) is 88.0 cm³/mol. The second kappa shape index (κ2) is 8.33. The fourth-order valence-corrected chi connectivity index (χ4v) is 1.84. The molecule has 1 amide bonds. The number of benzene rings is 2. The van der Waals surface area contributed by atoms with Crippen LogP contribution in [-0.2, 0) is 11.3 Å². The zero-order chi connectivity index (χ0) is 15.6. The van der Waals surface area contributed by atoms with E-state index in [4.69, 9.17) is 11.2 Å². The van der Waals surface area contributed by atoms with E-state index in [0.29, 0.717) is 6.54 Å². The molecule has 3 heteroatoms. The molecule has 110 valence electrons. The van der Waals surface area contributed by atoms with Crippen LogP contribution in [0.5, 0.6) is 0 Å². The third-order valence-corrected chi connectivity index (χ3v) is 2.94. The Kier molecular flexibility index (Phi) is 5.83. The highest BCUT2D eigenvalue weighted by molar-refractivity contribution is 5.67. The van der Waals surface area contributed by atoms with E-state index in [1.165, 1.54) is 0 Å². The van der Waals surface area contributed by atoms with E-state index in [-0.39, 0.29) is 6.61 Å². The number of nitrogens with one attached hydrogen (secondary N) is 1. The molecule has 0 saturated heterocycles. The minimum Gasteiger partial charge on any atom is -0.445 e. The Labute approximate surface area is 130 Å². The molecule has 0 heterocycles. The number of alkyl carbamates (subject to hydrolysis) is 1. The van der Waals surface area contributed by atoms with E-state index in [9.17, 15) is 4.79 Å². The summed E-state index contributed by atoms with van der Waals surface area (Å²) in [6.45, 7) is 0.661. The first-order valence-electron chi connectivity index (χ1n) is 6.96. The smallest absolute Gasteiger partial charge is 0.407 e. The molecule has 3 nitrogen and oxygen atoms in total. The second-order valence-electron chi connectivity index (χ2n) is 4.61. The molecular weight excluding hydrogens is 274 g/mol. The van der Waals surface area contributed by atoms with Crippen molar-refractivity contribution in [2.75, 3.05) is 6.54 Å². The fraction of sp³-hybridized carbons (Fsp3) is 0.105. The quantitative estimate of drug-likeness (QED) is 0.855. The molecule has 0 bridgehead atoms. The molecule has 0 unspecified atom stereocenters. The van der Waals surface area contributed by atoms with Gasteiger partial charge in [-0.2, -0.15) is 0 Å². The average Bonchev–Trinajstić information content (AvgIpc) is 2.58. The number of amides is 1. The average molecular weight is 291 g/mol. The molecule has 0 aliphatic rings. The zero-order valence-electron chi connectivity index (χ0n) is 12.2. The summed E-state index contributed by atoms with van der Waals surface area (Å²) in [4.78, 5) is 11.5. The summed E-state index contributed by atoms with van der Waals surface area (Å²) in [6, 6.07) is 17.2. The number of hydrogen-bond acceptors (Lipinski definition) is 2. The number of carbonyl (C=O) groups is 1. The largest absolute Gasteiger partial charge is 0.445 e. The van der Waals surface area contributed by atoms with E-state index >= 15 is 0 Å². The van der Waals surface area contributed by atoms with Crippen molar-refractivity contribution in [3.8, 4) is 12.3 Å². The summed E-state index contributed by atoms with van der Waals surface area (Å²) < 4.78 is 5.11. The first kappa shape index (κ1) is 15.4. The van der Waals surface area contributed by atoms with E-state index < -0.39 is 6.09 Å². The first-order chi connectivity index (χ1) is 10.8. The molecule has 0 atom stereocenters. The third kappa shape index (κ3) is 5.18. The van der Waals surface area contributed by atoms with Gasteiger partial charge in [-0.3, -0.25) is 0 Å². The molecule has 22 heavy (non-hydrogen) atoms. The Bertz CT molecular complexity index is 684. The number of terminal acetylenes is 1. The van der Waals surface area contributed by atoms with Gasteiger partial charge in [0.05, 0.1) is 0 Å². The van der Waals surface area contributed by atoms with Crippen molar-refractivity contribution >= 4 is 12.2 Å². The lowest BCUT2D eigenvalue weighted by atomic mass is 10.1. The molecule has 0 spiro atoms. The van der Waals surface area contributed by atoms with Crippen LogP contribution >= 0.6 is 0 Å². The molecule has 2 aromatic rings. The van der Waals surface area contributed by atoms with Crippen molar-refractivity contribution in [1.29, 1.82) is 0 Å².